The van der Waals surface area contributed by atoms with Crippen LogP contribution in [0.5, 0.6) is 0 Å². The van der Waals surface area contributed by atoms with E-state index in [0.717, 1.165) is 0 Å². The van der Waals surface area contributed by atoms with Gasteiger partial charge in [0, 0.05) is 24.8 Å². The van der Waals surface area contributed by atoms with E-state index in [4.69, 9.17) is 16.9 Å². The Hall–Kier alpha value is -2.32. The Bertz CT molecular complexity index is 627. The fourth-order valence-electron chi connectivity index (χ4n) is 1.71. The molecule has 0 aliphatic heterocycles. The molecular weight excluding hydrogens is 276 g/mol. The number of benzene rings is 1. The van der Waals surface area contributed by atoms with Crippen molar-refractivity contribution in [3.63, 3.8) is 0 Å². The second-order valence-corrected chi connectivity index (χ2v) is 4.70. The summed E-state index contributed by atoms with van der Waals surface area (Å²) in [5.74, 6) is -0.0621. The standard InChI is InChI=1S/C14H13ClN4O/c15-12-9-17-19(10-12)7-1-2-14(20)18-13-5-3-11(8-16)4-6-13/h3-6,9-10H,1-2,7H2,(H,18,20). The summed E-state index contributed by atoms with van der Waals surface area (Å²) in [6, 6.07) is 8.79. The molecule has 6 heteroatoms. The average molecular weight is 289 g/mol. The Labute approximate surface area is 121 Å². The number of halogens is 1. The molecule has 2 rings (SSSR count). The maximum Gasteiger partial charge on any atom is 0.224 e. The second kappa shape index (κ2) is 6.73. The van der Waals surface area contributed by atoms with Crippen LogP contribution in [0.1, 0.15) is 18.4 Å². The lowest BCUT2D eigenvalue weighted by Crippen LogP contribution is -2.12. The highest BCUT2D eigenvalue weighted by atomic mass is 35.5. The molecule has 0 saturated carbocycles. The number of nitriles is 1. The van der Waals surface area contributed by atoms with Crippen LogP contribution in [-0.2, 0) is 11.3 Å². The van der Waals surface area contributed by atoms with Crippen LogP contribution in [0.25, 0.3) is 0 Å². The van der Waals surface area contributed by atoms with Gasteiger partial charge in [0.25, 0.3) is 0 Å². The molecule has 0 saturated heterocycles. The van der Waals surface area contributed by atoms with Crippen molar-refractivity contribution < 1.29 is 4.79 Å². The lowest BCUT2D eigenvalue weighted by molar-refractivity contribution is -0.116. The zero-order valence-corrected chi connectivity index (χ0v) is 11.5. The number of hydrogen-bond donors (Lipinski definition) is 1. The molecule has 1 aromatic carbocycles. The number of amides is 1. The maximum atomic E-state index is 11.7. The number of aryl methyl sites for hydroxylation is 1. The zero-order valence-electron chi connectivity index (χ0n) is 10.7. The number of carbonyl (C=O) groups is 1. The monoisotopic (exact) mass is 288 g/mol. The number of carbonyl (C=O) groups excluding carboxylic acids is 1. The van der Waals surface area contributed by atoms with E-state index in [9.17, 15) is 4.79 Å². The van der Waals surface area contributed by atoms with Gasteiger partial charge in [-0.05, 0) is 30.7 Å². The Balaban J connectivity index is 1.76. The van der Waals surface area contributed by atoms with Gasteiger partial charge in [-0.15, -0.1) is 0 Å². The zero-order chi connectivity index (χ0) is 14.4. The molecule has 1 amide bonds. The van der Waals surface area contributed by atoms with Crippen molar-refractivity contribution in [1.82, 2.24) is 9.78 Å². The predicted octanol–water partition coefficient (Wildman–Crippen LogP) is 2.83. The van der Waals surface area contributed by atoms with Crippen molar-refractivity contribution >= 4 is 23.2 Å². The first kappa shape index (κ1) is 14.1. The Kier molecular flexibility index (Phi) is 4.75. The summed E-state index contributed by atoms with van der Waals surface area (Å²) in [6.07, 6.45) is 4.37. The summed E-state index contributed by atoms with van der Waals surface area (Å²) in [4.78, 5) is 11.7. The van der Waals surface area contributed by atoms with Crippen LogP contribution in [0.3, 0.4) is 0 Å². The van der Waals surface area contributed by atoms with E-state index < -0.39 is 0 Å². The molecular formula is C14H13ClN4O. The third-order valence-electron chi connectivity index (χ3n) is 2.69. The smallest absolute Gasteiger partial charge is 0.224 e. The van der Waals surface area contributed by atoms with Gasteiger partial charge in [-0.1, -0.05) is 11.6 Å². The van der Waals surface area contributed by atoms with Gasteiger partial charge >= 0.3 is 0 Å². The van der Waals surface area contributed by atoms with Crippen molar-refractivity contribution in [2.75, 3.05) is 5.32 Å². The maximum absolute atomic E-state index is 11.7. The largest absolute Gasteiger partial charge is 0.326 e. The quantitative estimate of drug-likeness (QED) is 0.919. The molecule has 0 spiro atoms. The molecule has 20 heavy (non-hydrogen) atoms. The van der Waals surface area contributed by atoms with Gasteiger partial charge < -0.3 is 5.32 Å². The highest BCUT2D eigenvalue weighted by Gasteiger charge is 2.03. The Morgan fingerprint density at radius 3 is 2.75 bits per heavy atom. The topological polar surface area (TPSA) is 70.7 Å². The summed E-state index contributed by atoms with van der Waals surface area (Å²) in [5.41, 5.74) is 1.26. The number of nitrogens with zero attached hydrogens (tertiary/aromatic N) is 3. The van der Waals surface area contributed by atoms with Gasteiger partial charge in [-0.2, -0.15) is 10.4 Å². The molecule has 5 nitrogen and oxygen atoms in total. The van der Waals surface area contributed by atoms with Crippen LogP contribution in [0.15, 0.2) is 36.7 Å². The van der Waals surface area contributed by atoms with Crippen molar-refractivity contribution in [3.05, 3.63) is 47.2 Å². The highest BCUT2D eigenvalue weighted by molar-refractivity contribution is 6.30. The minimum Gasteiger partial charge on any atom is -0.326 e. The van der Waals surface area contributed by atoms with Crippen LogP contribution < -0.4 is 5.32 Å². The summed E-state index contributed by atoms with van der Waals surface area (Å²) >= 11 is 5.75. The van der Waals surface area contributed by atoms with Gasteiger partial charge in [-0.3, -0.25) is 9.48 Å². The first-order valence-corrected chi connectivity index (χ1v) is 6.53. The number of rotatable bonds is 5. The second-order valence-electron chi connectivity index (χ2n) is 4.26. The van der Waals surface area contributed by atoms with E-state index in [0.29, 0.717) is 35.7 Å². The Morgan fingerprint density at radius 1 is 1.40 bits per heavy atom. The fourth-order valence-corrected chi connectivity index (χ4v) is 1.87. The van der Waals surface area contributed by atoms with Gasteiger partial charge in [0.05, 0.1) is 22.9 Å². The molecule has 102 valence electrons. The normalized spacial score (nSPS) is 10.0. The fraction of sp³-hybridized carbons (Fsp3) is 0.214. The molecule has 0 unspecified atom stereocenters. The van der Waals surface area contributed by atoms with E-state index in [1.165, 1.54) is 0 Å². The first-order chi connectivity index (χ1) is 9.67. The van der Waals surface area contributed by atoms with E-state index in [1.807, 2.05) is 6.07 Å². The summed E-state index contributed by atoms with van der Waals surface area (Å²) in [5, 5.41) is 16.1. The summed E-state index contributed by atoms with van der Waals surface area (Å²) < 4.78 is 1.71. The minimum atomic E-state index is -0.0621. The molecule has 0 atom stereocenters. The van der Waals surface area contributed by atoms with Crippen LogP contribution in [0.4, 0.5) is 5.69 Å². The minimum absolute atomic E-state index is 0.0621. The lowest BCUT2D eigenvalue weighted by Gasteiger charge is -2.05. The van der Waals surface area contributed by atoms with Crippen molar-refractivity contribution in [1.29, 1.82) is 5.26 Å². The van der Waals surface area contributed by atoms with E-state index in [-0.39, 0.29) is 5.91 Å². The number of anilines is 1. The molecule has 0 bridgehead atoms. The van der Waals surface area contributed by atoms with E-state index in [2.05, 4.69) is 10.4 Å². The van der Waals surface area contributed by atoms with Gasteiger partial charge in [0.2, 0.25) is 5.91 Å². The van der Waals surface area contributed by atoms with Crippen LogP contribution >= 0.6 is 11.6 Å². The van der Waals surface area contributed by atoms with E-state index >= 15 is 0 Å². The molecule has 0 aliphatic rings. The average Bonchev–Trinajstić information content (AvgIpc) is 2.85. The van der Waals surface area contributed by atoms with Crippen LogP contribution in [0.2, 0.25) is 5.02 Å². The number of aromatic nitrogens is 2. The molecule has 1 aromatic heterocycles. The van der Waals surface area contributed by atoms with E-state index in [1.54, 1.807) is 41.3 Å². The van der Waals surface area contributed by atoms with Gasteiger partial charge in [0.15, 0.2) is 0 Å². The molecule has 2 aromatic rings. The van der Waals surface area contributed by atoms with Gasteiger partial charge in [-0.25, -0.2) is 0 Å². The first-order valence-electron chi connectivity index (χ1n) is 6.15. The number of nitrogens with one attached hydrogen (secondary N) is 1. The highest BCUT2D eigenvalue weighted by Crippen LogP contribution is 2.10. The lowest BCUT2D eigenvalue weighted by atomic mass is 10.2. The van der Waals surface area contributed by atoms with Gasteiger partial charge in [0.1, 0.15) is 0 Å². The summed E-state index contributed by atoms with van der Waals surface area (Å²) in [7, 11) is 0. The predicted molar refractivity (Wildman–Crippen MR) is 76.3 cm³/mol. The number of hydrogen-bond acceptors (Lipinski definition) is 3. The van der Waals surface area contributed by atoms with Crippen LogP contribution in [-0.4, -0.2) is 15.7 Å². The van der Waals surface area contributed by atoms with Crippen molar-refractivity contribution in [2.24, 2.45) is 0 Å². The van der Waals surface area contributed by atoms with Crippen molar-refractivity contribution in [2.45, 2.75) is 19.4 Å². The summed E-state index contributed by atoms with van der Waals surface area (Å²) in [6.45, 7) is 0.646. The third-order valence-corrected chi connectivity index (χ3v) is 2.89. The molecule has 0 aliphatic carbocycles. The van der Waals surface area contributed by atoms with Crippen molar-refractivity contribution in [3.8, 4) is 6.07 Å². The molecule has 0 radical (unpaired) electrons. The molecule has 1 heterocycles. The third kappa shape index (κ3) is 4.11. The Morgan fingerprint density at radius 2 is 2.15 bits per heavy atom. The van der Waals surface area contributed by atoms with Crippen LogP contribution in [0, 0.1) is 11.3 Å². The molecule has 0 fully saturated rings. The molecule has 1 N–H and O–H groups in total. The SMILES string of the molecule is N#Cc1ccc(NC(=O)CCCn2cc(Cl)cn2)cc1.